The van der Waals surface area contributed by atoms with E-state index in [2.05, 4.69) is 23.8 Å². The molecule has 0 aliphatic carbocycles. The van der Waals surface area contributed by atoms with Crippen LogP contribution in [0, 0.1) is 5.92 Å². The van der Waals surface area contributed by atoms with E-state index in [1.54, 1.807) is 0 Å². The van der Waals surface area contributed by atoms with E-state index in [9.17, 15) is 4.79 Å². The fourth-order valence-corrected chi connectivity index (χ4v) is 3.45. The molecule has 7 nitrogen and oxygen atoms in total. The summed E-state index contributed by atoms with van der Waals surface area (Å²) in [5, 5.41) is 3.06. The van der Waals surface area contributed by atoms with Gasteiger partial charge in [0.2, 0.25) is 5.91 Å². The van der Waals surface area contributed by atoms with Gasteiger partial charge in [-0.3, -0.25) is 4.79 Å². The molecule has 2 atom stereocenters. The van der Waals surface area contributed by atoms with Crippen LogP contribution in [-0.2, 0) is 4.79 Å². The molecule has 26 heavy (non-hydrogen) atoms. The first-order valence-electron chi connectivity index (χ1n) is 9.12. The Hall–Kier alpha value is -2.28. The number of hydrogen-bond acceptors (Lipinski definition) is 5. The van der Waals surface area contributed by atoms with E-state index in [1.807, 2.05) is 48.1 Å². The molecule has 2 aliphatic heterocycles. The quantitative estimate of drug-likeness (QED) is 0.674. The van der Waals surface area contributed by atoms with Gasteiger partial charge in [-0.05, 0) is 38.9 Å². The van der Waals surface area contributed by atoms with Crippen LogP contribution in [-0.4, -0.2) is 73.3 Å². The van der Waals surface area contributed by atoms with Crippen LogP contribution in [0.2, 0.25) is 0 Å². The molecule has 3 N–H and O–H groups in total. The maximum atomic E-state index is 12.3. The molecule has 0 aromatic rings. The molecular weight excluding hydrogens is 328 g/mol. The van der Waals surface area contributed by atoms with Crippen LogP contribution in [0.5, 0.6) is 0 Å². The zero-order valence-electron chi connectivity index (χ0n) is 16.4. The number of amides is 1. The number of nitrogens with two attached hydrogens (primary N) is 1. The van der Waals surface area contributed by atoms with Crippen molar-refractivity contribution in [3.63, 3.8) is 0 Å². The molecule has 0 unspecified atom stereocenters. The van der Waals surface area contributed by atoms with Gasteiger partial charge < -0.3 is 25.8 Å². The van der Waals surface area contributed by atoms with Crippen molar-refractivity contribution in [1.29, 1.82) is 0 Å². The lowest BCUT2D eigenvalue weighted by molar-refractivity contribution is -0.144. The zero-order valence-corrected chi connectivity index (χ0v) is 16.4. The van der Waals surface area contributed by atoms with Gasteiger partial charge in [0.25, 0.3) is 0 Å². The number of likely N-dealkylation sites (tertiary alicyclic amines) is 1. The lowest BCUT2D eigenvalue weighted by Crippen LogP contribution is -2.59. The summed E-state index contributed by atoms with van der Waals surface area (Å²) in [4.78, 5) is 22.5. The second kappa shape index (κ2) is 8.89. The number of aliphatic imine (C=N–C) groups is 1. The van der Waals surface area contributed by atoms with Crippen molar-refractivity contribution < 1.29 is 4.79 Å². The fraction of sp³-hybridized carbons (Fsp3) is 0.579. The maximum Gasteiger partial charge on any atom is 0.236 e. The monoisotopic (exact) mass is 360 g/mol. The first kappa shape index (κ1) is 20.0. The summed E-state index contributed by atoms with van der Waals surface area (Å²) in [7, 11) is 5.84. The molecule has 144 valence electrons. The number of nitrogens with zero attached hydrogens (tertiary/aromatic N) is 4. The second-order valence-corrected chi connectivity index (χ2v) is 7.33. The molecule has 2 aliphatic rings. The highest BCUT2D eigenvalue weighted by Gasteiger charge is 2.38. The first-order valence-corrected chi connectivity index (χ1v) is 9.12. The summed E-state index contributed by atoms with van der Waals surface area (Å²) in [6, 6.07) is 0.343. The predicted octanol–water partition coefficient (Wildman–Crippen LogP) is 0.936. The van der Waals surface area contributed by atoms with E-state index in [-0.39, 0.29) is 5.91 Å². The Kier molecular flexibility index (Phi) is 6.85. The van der Waals surface area contributed by atoms with Gasteiger partial charge in [0.15, 0.2) is 0 Å². The van der Waals surface area contributed by atoms with E-state index in [0.717, 1.165) is 37.3 Å². The predicted molar refractivity (Wildman–Crippen MR) is 106 cm³/mol. The minimum atomic E-state index is 0.223. The SMILES string of the molecule is C=C/N=C1/NC=C/C1=C(/N)N(C)CCC[C@@H]1[C@H](C)CN1C(=O)CN(C)C. The number of hydrogen-bond donors (Lipinski definition) is 2. The van der Waals surface area contributed by atoms with E-state index in [4.69, 9.17) is 5.73 Å². The number of likely N-dealkylation sites (N-methyl/N-ethyl adjacent to an activating group) is 1. The third-order valence-corrected chi connectivity index (χ3v) is 4.94. The van der Waals surface area contributed by atoms with Crippen molar-refractivity contribution in [3.8, 4) is 0 Å². The highest BCUT2D eigenvalue weighted by molar-refractivity contribution is 6.04. The Balaban J connectivity index is 1.86. The maximum absolute atomic E-state index is 12.3. The molecule has 0 aromatic heterocycles. The number of carbonyl (C=O) groups excluding carboxylic acids is 1. The van der Waals surface area contributed by atoms with Crippen molar-refractivity contribution >= 4 is 11.7 Å². The Morgan fingerprint density at radius 1 is 1.50 bits per heavy atom. The standard InChI is InChI=1S/C19H32N6O/c1-6-21-19-15(9-10-22-19)18(20)24(5)11-7-8-16-14(2)12-25(16)17(26)13-23(3)4/h6,9-10,14,16H,1,7-8,11-13,20H2,2-5H3,(H,21,22)/b18-15+/t14-,16-/m1/s1. The smallest absolute Gasteiger partial charge is 0.236 e. The second-order valence-electron chi connectivity index (χ2n) is 7.33. The van der Waals surface area contributed by atoms with Gasteiger partial charge in [-0.15, -0.1) is 0 Å². The van der Waals surface area contributed by atoms with E-state index in [1.165, 1.54) is 6.20 Å². The van der Waals surface area contributed by atoms with Crippen LogP contribution in [0.1, 0.15) is 19.8 Å². The molecule has 0 saturated carbocycles. The zero-order chi connectivity index (χ0) is 19.3. The number of amidine groups is 1. The van der Waals surface area contributed by atoms with Crippen LogP contribution in [0.4, 0.5) is 0 Å². The summed E-state index contributed by atoms with van der Waals surface area (Å²) >= 11 is 0. The summed E-state index contributed by atoms with van der Waals surface area (Å²) in [6.07, 6.45) is 7.22. The molecule has 0 radical (unpaired) electrons. The van der Waals surface area contributed by atoms with Gasteiger partial charge in [-0.2, -0.15) is 0 Å². The lowest BCUT2D eigenvalue weighted by Gasteiger charge is -2.47. The third-order valence-electron chi connectivity index (χ3n) is 4.94. The van der Waals surface area contributed by atoms with Crippen LogP contribution >= 0.6 is 0 Å². The van der Waals surface area contributed by atoms with Crippen LogP contribution in [0.25, 0.3) is 0 Å². The Labute approximate surface area is 156 Å². The minimum Gasteiger partial charge on any atom is -0.385 e. The Morgan fingerprint density at radius 2 is 2.23 bits per heavy atom. The average Bonchev–Trinajstić information content (AvgIpc) is 3.03. The largest absolute Gasteiger partial charge is 0.385 e. The molecule has 1 saturated heterocycles. The van der Waals surface area contributed by atoms with Crippen molar-refractivity contribution in [2.75, 3.05) is 40.8 Å². The molecule has 2 heterocycles. The molecular formula is C19H32N6O. The molecule has 2 rings (SSSR count). The fourth-order valence-electron chi connectivity index (χ4n) is 3.45. The molecule has 7 heteroatoms. The highest BCUT2D eigenvalue weighted by atomic mass is 16.2. The van der Waals surface area contributed by atoms with Crippen molar-refractivity contribution in [2.45, 2.75) is 25.8 Å². The van der Waals surface area contributed by atoms with Gasteiger partial charge in [0, 0.05) is 38.6 Å². The summed E-state index contributed by atoms with van der Waals surface area (Å²) in [5.41, 5.74) is 7.17. The van der Waals surface area contributed by atoms with Gasteiger partial charge in [0.1, 0.15) is 11.7 Å². The Bertz CT molecular complexity index is 622. The average molecular weight is 361 g/mol. The van der Waals surface area contributed by atoms with Gasteiger partial charge in [-0.1, -0.05) is 13.5 Å². The van der Waals surface area contributed by atoms with Crippen LogP contribution in [0.15, 0.2) is 41.4 Å². The topological polar surface area (TPSA) is 77.2 Å². The van der Waals surface area contributed by atoms with Crippen molar-refractivity contribution in [2.24, 2.45) is 16.6 Å². The molecule has 0 aromatic carbocycles. The Morgan fingerprint density at radius 3 is 2.85 bits per heavy atom. The van der Waals surface area contributed by atoms with Gasteiger partial charge in [-0.25, -0.2) is 4.99 Å². The molecule has 0 bridgehead atoms. The normalized spacial score (nSPS) is 25.3. The highest BCUT2D eigenvalue weighted by Crippen LogP contribution is 2.28. The number of rotatable bonds is 8. The summed E-state index contributed by atoms with van der Waals surface area (Å²) < 4.78 is 0. The minimum absolute atomic E-state index is 0.223. The van der Waals surface area contributed by atoms with Crippen molar-refractivity contribution in [3.05, 3.63) is 36.4 Å². The van der Waals surface area contributed by atoms with Gasteiger partial charge in [0.05, 0.1) is 12.1 Å². The van der Waals surface area contributed by atoms with E-state index >= 15 is 0 Å². The third kappa shape index (κ3) is 4.66. The first-order chi connectivity index (χ1) is 12.3. The van der Waals surface area contributed by atoms with E-state index < -0.39 is 0 Å². The lowest BCUT2D eigenvalue weighted by atomic mass is 9.86. The molecule has 0 spiro atoms. The summed E-state index contributed by atoms with van der Waals surface area (Å²) in [5.74, 6) is 2.20. The van der Waals surface area contributed by atoms with Crippen LogP contribution < -0.4 is 11.1 Å². The van der Waals surface area contributed by atoms with Crippen molar-refractivity contribution in [1.82, 2.24) is 20.0 Å². The van der Waals surface area contributed by atoms with E-state index in [0.29, 0.717) is 24.3 Å². The van der Waals surface area contributed by atoms with Crippen LogP contribution in [0.3, 0.4) is 0 Å². The summed E-state index contributed by atoms with van der Waals surface area (Å²) in [6.45, 7) is 8.03. The number of nitrogens with one attached hydrogen (secondary N) is 1. The molecule has 1 fully saturated rings. The number of carbonyl (C=O) groups is 1. The molecule has 1 amide bonds. The van der Waals surface area contributed by atoms with Gasteiger partial charge >= 0.3 is 0 Å².